The van der Waals surface area contributed by atoms with Gasteiger partial charge in [0.05, 0.1) is 0 Å². The van der Waals surface area contributed by atoms with Gasteiger partial charge in [0, 0.05) is 0 Å². The molecule has 0 spiro atoms. The van der Waals surface area contributed by atoms with E-state index in [4.69, 9.17) is 5.73 Å². The van der Waals surface area contributed by atoms with E-state index in [2.05, 4.69) is 24.5 Å². The number of nitrogens with one attached hydrogen (secondary N) is 2. The maximum Gasteiger partial charge on any atom is -0.00775 e. The monoisotopic (exact) mass is 163 g/mol. The molecule has 0 heterocycles. The van der Waals surface area contributed by atoms with Gasteiger partial charge in [-0.1, -0.05) is 20.8 Å². The predicted octanol–water partition coefficient (Wildman–Crippen LogP) is 0.416. The molecule has 0 aromatic carbocycles. The Morgan fingerprint density at radius 1 is 1.00 bits per heavy atom. The van der Waals surface area contributed by atoms with Crippen LogP contribution in [-0.4, -0.2) is 33.7 Å². The van der Waals surface area contributed by atoms with Gasteiger partial charge in [-0.2, -0.15) is 0 Å². The summed E-state index contributed by atoms with van der Waals surface area (Å²) >= 11 is 0. The second-order valence-corrected chi connectivity index (χ2v) is 1.87. The highest BCUT2D eigenvalue weighted by Gasteiger charge is 1.62. The van der Waals surface area contributed by atoms with Gasteiger partial charge in [0.1, 0.15) is 0 Å². The first kappa shape index (κ1) is 17.1. The third kappa shape index (κ3) is 174. The highest BCUT2D eigenvalue weighted by Crippen LogP contribution is 1.47. The van der Waals surface area contributed by atoms with Gasteiger partial charge in [0.25, 0.3) is 0 Å². The van der Waals surface area contributed by atoms with Gasteiger partial charge in [-0.05, 0) is 33.7 Å². The smallest absolute Gasteiger partial charge is 0.00775 e. The predicted molar refractivity (Wildman–Crippen MR) is 53.9 cm³/mol. The fraction of sp³-hybridized carbons (Fsp3) is 1.00. The Bertz CT molecular complexity index is 28.5. The summed E-state index contributed by atoms with van der Waals surface area (Å²) in [6.45, 7) is 9.04. The summed E-state index contributed by atoms with van der Waals surface area (Å²) in [7, 11) is 3.75. The minimum Gasteiger partial charge on any atom is -0.331 e. The zero-order chi connectivity index (χ0) is 9.54. The summed E-state index contributed by atoms with van der Waals surface area (Å²) in [5, 5.41) is 5.86. The van der Waals surface area contributed by atoms with Crippen LogP contribution in [0.15, 0.2) is 0 Å². The quantitative estimate of drug-likeness (QED) is 0.553. The van der Waals surface area contributed by atoms with E-state index in [0.29, 0.717) is 0 Å². The van der Waals surface area contributed by atoms with Gasteiger partial charge < -0.3 is 16.4 Å². The summed E-state index contributed by atoms with van der Waals surface area (Å²) in [6.07, 6.45) is 0. The minimum absolute atomic E-state index is 0.750. The van der Waals surface area contributed by atoms with Crippen molar-refractivity contribution in [1.29, 1.82) is 0 Å². The lowest BCUT2D eigenvalue weighted by molar-refractivity contribution is 0.762. The van der Waals surface area contributed by atoms with Crippen LogP contribution in [0.3, 0.4) is 0 Å². The van der Waals surface area contributed by atoms with Crippen LogP contribution in [0.25, 0.3) is 0 Å². The van der Waals surface area contributed by atoms with Crippen LogP contribution >= 0.6 is 0 Å². The first-order valence-corrected chi connectivity index (χ1v) is 4.24. The van der Waals surface area contributed by atoms with Crippen molar-refractivity contribution < 1.29 is 0 Å². The van der Waals surface area contributed by atoms with Crippen LogP contribution in [0.5, 0.6) is 0 Å². The molecule has 11 heavy (non-hydrogen) atoms. The summed E-state index contributed by atoms with van der Waals surface area (Å²) < 4.78 is 0. The van der Waals surface area contributed by atoms with Crippen molar-refractivity contribution in [2.45, 2.75) is 20.8 Å². The number of rotatable bonds is 2. The van der Waals surface area contributed by atoms with Gasteiger partial charge in [-0.25, -0.2) is 0 Å². The van der Waals surface area contributed by atoms with Gasteiger partial charge in [-0.3, -0.25) is 0 Å². The Labute approximate surface area is 71.7 Å². The van der Waals surface area contributed by atoms with E-state index in [1.807, 2.05) is 21.0 Å². The van der Waals surface area contributed by atoms with Crippen LogP contribution < -0.4 is 16.4 Å². The summed E-state index contributed by atoms with van der Waals surface area (Å²) in [4.78, 5) is 0. The molecule has 0 aliphatic rings. The van der Waals surface area contributed by atoms with Crippen molar-refractivity contribution in [3.8, 4) is 0 Å². The second-order valence-electron chi connectivity index (χ2n) is 1.87. The number of nitrogens with two attached hydrogens (primary N) is 1. The molecule has 0 saturated heterocycles. The average Bonchev–Trinajstić information content (AvgIpc) is 1.92. The van der Waals surface area contributed by atoms with Crippen molar-refractivity contribution in [2.75, 3.05) is 33.7 Å². The third-order valence-electron chi connectivity index (χ3n) is 0.500. The van der Waals surface area contributed by atoms with Crippen molar-refractivity contribution in [1.82, 2.24) is 10.6 Å². The highest BCUT2D eigenvalue weighted by atomic mass is 14.8. The average molecular weight is 163 g/mol. The first-order chi connectivity index (χ1) is 5.24. The topological polar surface area (TPSA) is 50.1 Å². The lowest BCUT2D eigenvalue weighted by atomic mass is 10.7. The van der Waals surface area contributed by atoms with Crippen molar-refractivity contribution >= 4 is 0 Å². The molecule has 0 atom stereocenters. The van der Waals surface area contributed by atoms with E-state index in [0.717, 1.165) is 19.6 Å². The molecular formula is C8H25N3. The number of hydrogen-bond acceptors (Lipinski definition) is 3. The van der Waals surface area contributed by atoms with Crippen LogP contribution in [0, 0.1) is 0 Å². The molecular weight excluding hydrogens is 138 g/mol. The van der Waals surface area contributed by atoms with Crippen molar-refractivity contribution in [2.24, 2.45) is 5.73 Å². The Morgan fingerprint density at radius 3 is 1.18 bits per heavy atom. The zero-order valence-corrected chi connectivity index (χ0v) is 8.70. The van der Waals surface area contributed by atoms with Crippen LogP contribution in [0.1, 0.15) is 20.8 Å². The van der Waals surface area contributed by atoms with E-state index in [-0.39, 0.29) is 0 Å². The first-order valence-electron chi connectivity index (χ1n) is 4.24. The molecule has 0 aromatic heterocycles. The van der Waals surface area contributed by atoms with Crippen molar-refractivity contribution in [3.63, 3.8) is 0 Å². The molecule has 4 N–H and O–H groups in total. The molecule has 0 bridgehead atoms. The molecule has 0 amide bonds. The molecule has 0 radical (unpaired) electrons. The summed E-state index contributed by atoms with van der Waals surface area (Å²) in [5.41, 5.74) is 4.85. The third-order valence-corrected chi connectivity index (χ3v) is 0.500. The van der Waals surface area contributed by atoms with E-state index in [9.17, 15) is 0 Å². The standard InChI is InChI=1S/C4H11N.2C2H7N/c1-3-5-4-2;1-3-2;1-2-3/h5H,3-4H2,1-2H3;3H,1-2H3;2-3H2,1H3. The zero-order valence-electron chi connectivity index (χ0n) is 8.70. The van der Waals surface area contributed by atoms with E-state index in [1.54, 1.807) is 0 Å². The minimum atomic E-state index is 0.750. The fourth-order valence-electron chi connectivity index (χ4n) is 0.250. The molecule has 72 valence electrons. The van der Waals surface area contributed by atoms with Crippen molar-refractivity contribution in [3.05, 3.63) is 0 Å². The Morgan fingerprint density at radius 2 is 1.18 bits per heavy atom. The SMILES string of the molecule is CCN.CCNCC.CNC. The van der Waals surface area contributed by atoms with Gasteiger partial charge in [0.2, 0.25) is 0 Å². The fourth-order valence-corrected chi connectivity index (χ4v) is 0.250. The highest BCUT2D eigenvalue weighted by molar-refractivity contribution is 4.27. The maximum atomic E-state index is 4.85. The Kier molecular flexibility index (Phi) is 50.9. The lowest BCUT2D eigenvalue weighted by Gasteiger charge is -1.86. The Balaban J connectivity index is -0.0000000933. The molecule has 3 nitrogen and oxygen atoms in total. The summed E-state index contributed by atoms with van der Waals surface area (Å²) in [6, 6.07) is 0. The lowest BCUT2D eigenvalue weighted by Crippen LogP contribution is -2.09. The molecule has 0 rings (SSSR count). The molecule has 0 unspecified atom stereocenters. The van der Waals surface area contributed by atoms with Gasteiger partial charge >= 0.3 is 0 Å². The van der Waals surface area contributed by atoms with E-state index in [1.165, 1.54) is 0 Å². The molecule has 3 heteroatoms. The Hall–Kier alpha value is -0.120. The molecule has 0 fully saturated rings. The van der Waals surface area contributed by atoms with Crippen LogP contribution in [-0.2, 0) is 0 Å². The largest absolute Gasteiger partial charge is 0.331 e. The van der Waals surface area contributed by atoms with Gasteiger partial charge in [-0.15, -0.1) is 0 Å². The summed E-state index contributed by atoms with van der Waals surface area (Å²) in [5.74, 6) is 0. The van der Waals surface area contributed by atoms with Crippen LogP contribution in [0.2, 0.25) is 0 Å². The molecule has 0 aromatic rings. The van der Waals surface area contributed by atoms with Crippen LogP contribution in [0.4, 0.5) is 0 Å². The molecule has 0 aliphatic carbocycles. The number of hydrogen-bond donors (Lipinski definition) is 3. The van der Waals surface area contributed by atoms with Gasteiger partial charge in [0.15, 0.2) is 0 Å². The molecule has 0 saturated carbocycles. The molecule has 0 aliphatic heterocycles. The second kappa shape index (κ2) is 32.7. The van der Waals surface area contributed by atoms with E-state index < -0.39 is 0 Å². The van der Waals surface area contributed by atoms with E-state index >= 15 is 0 Å². The normalized spacial score (nSPS) is 7.09. The maximum absolute atomic E-state index is 4.85.